The minimum Gasteiger partial charge on any atom is -0.339 e. The van der Waals surface area contributed by atoms with Gasteiger partial charge in [-0.2, -0.15) is 0 Å². The molecule has 1 aliphatic rings. The van der Waals surface area contributed by atoms with Gasteiger partial charge in [-0.1, -0.05) is 0 Å². The molecule has 0 aliphatic carbocycles. The van der Waals surface area contributed by atoms with Gasteiger partial charge in [0, 0.05) is 36.8 Å². The number of nitrogens with zero attached hydrogens (tertiary/aromatic N) is 2. The number of hydrogen-bond acceptors (Lipinski definition) is 4. The maximum Gasteiger partial charge on any atom is 0.270 e. The summed E-state index contributed by atoms with van der Waals surface area (Å²) in [5.74, 6) is 0.311. The Hall–Kier alpha value is -1.95. The van der Waals surface area contributed by atoms with Gasteiger partial charge in [0.1, 0.15) is 0 Å². The molecule has 1 atom stereocenters. The summed E-state index contributed by atoms with van der Waals surface area (Å²) >= 11 is 0. The molecular weight excluding hydrogens is 270 g/mol. The summed E-state index contributed by atoms with van der Waals surface area (Å²) in [4.78, 5) is 24.7. The highest BCUT2D eigenvalue weighted by Gasteiger charge is 2.26. The summed E-state index contributed by atoms with van der Waals surface area (Å²) in [6.07, 6.45) is 1.77. The van der Waals surface area contributed by atoms with Crippen LogP contribution in [0.3, 0.4) is 0 Å². The Balaban J connectivity index is 2.12. The Morgan fingerprint density at radius 2 is 2.00 bits per heavy atom. The van der Waals surface area contributed by atoms with Gasteiger partial charge in [-0.3, -0.25) is 14.9 Å². The van der Waals surface area contributed by atoms with Gasteiger partial charge in [-0.25, -0.2) is 0 Å². The zero-order chi connectivity index (χ0) is 15.6. The second kappa shape index (κ2) is 6.22. The van der Waals surface area contributed by atoms with Crippen LogP contribution in [0.4, 0.5) is 5.69 Å². The lowest BCUT2D eigenvalue weighted by atomic mass is 9.90. The second-order valence-electron chi connectivity index (χ2n) is 5.80. The van der Waals surface area contributed by atoms with E-state index in [1.54, 1.807) is 17.9 Å². The number of nitro benzene ring substituents is 1. The minimum absolute atomic E-state index is 0.0381. The molecule has 1 unspecified atom stereocenters. The van der Waals surface area contributed by atoms with Crippen molar-refractivity contribution in [2.75, 3.05) is 13.1 Å². The molecule has 0 bridgehead atoms. The summed E-state index contributed by atoms with van der Waals surface area (Å²) in [6, 6.07) is 4.67. The van der Waals surface area contributed by atoms with Gasteiger partial charge in [0.15, 0.2) is 0 Å². The van der Waals surface area contributed by atoms with Crippen LogP contribution in [0, 0.1) is 23.0 Å². The van der Waals surface area contributed by atoms with Crippen LogP contribution in [0.25, 0.3) is 0 Å². The van der Waals surface area contributed by atoms with E-state index in [4.69, 9.17) is 5.73 Å². The Kier molecular flexibility index (Phi) is 4.57. The van der Waals surface area contributed by atoms with E-state index in [0.717, 1.165) is 18.4 Å². The van der Waals surface area contributed by atoms with Crippen molar-refractivity contribution >= 4 is 11.6 Å². The van der Waals surface area contributed by atoms with Crippen LogP contribution in [0.15, 0.2) is 18.2 Å². The number of amides is 1. The van der Waals surface area contributed by atoms with E-state index >= 15 is 0 Å². The largest absolute Gasteiger partial charge is 0.339 e. The third-order valence-corrected chi connectivity index (χ3v) is 4.09. The standard InChI is InChI=1S/C15H21N3O3/c1-10-7-13(9-14(8-10)18(20)21)15(19)17-5-3-12(4-6-17)11(2)16/h7-9,11-12H,3-6,16H2,1-2H3. The van der Waals surface area contributed by atoms with E-state index in [-0.39, 0.29) is 17.6 Å². The number of benzene rings is 1. The lowest BCUT2D eigenvalue weighted by molar-refractivity contribution is -0.384. The zero-order valence-electron chi connectivity index (χ0n) is 12.4. The molecule has 0 spiro atoms. The van der Waals surface area contributed by atoms with Gasteiger partial charge < -0.3 is 10.6 Å². The molecule has 114 valence electrons. The fourth-order valence-corrected chi connectivity index (χ4v) is 2.80. The molecule has 0 aromatic heterocycles. The van der Waals surface area contributed by atoms with Gasteiger partial charge in [0.05, 0.1) is 4.92 Å². The predicted molar refractivity (Wildman–Crippen MR) is 80.1 cm³/mol. The first-order valence-electron chi connectivity index (χ1n) is 7.19. The number of hydrogen-bond donors (Lipinski definition) is 1. The maximum absolute atomic E-state index is 12.5. The predicted octanol–water partition coefficient (Wildman–Crippen LogP) is 2.10. The van der Waals surface area contributed by atoms with Gasteiger partial charge in [-0.05, 0) is 44.2 Å². The second-order valence-corrected chi connectivity index (χ2v) is 5.80. The van der Waals surface area contributed by atoms with E-state index < -0.39 is 4.92 Å². The lowest BCUT2D eigenvalue weighted by Crippen LogP contribution is -2.42. The van der Waals surface area contributed by atoms with E-state index in [1.165, 1.54) is 12.1 Å². The van der Waals surface area contributed by atoms with Crippen molar-refractivity contribution < 1.29 is 9.72 Å². The first-order chi connectivity index (χ1) is 9.88. The molecule has 0 saturated carbocycles. The molecule has 1 heterocycles. The van der Waals surface area contributed by atoms with Crippen molar-refractivity contribution in [2.24, 2.45) is 11.7 Å². The summed E-state index contributed by atoms with van der Waals surface area (Å²) in [7, 11) is 0. The van der Waals surface area contributed by atoms with E-state index in [1.807, 2.05) is 6.92 Å². The Bertz CT molecular complexity index is 549. The molecule has 2 rings (SSSR count). The fraction of sp³-hybridized carbons (Fsp3) is 0.533. The summed E-state index contributed by atoms with van der Waals surface area (Å²) in [6.45, 7) is 5.07. The van der Waals surface area contributed by atoms with E-state index in [0.29, 0.717) is 24.6 Å². The molecular formula is C15H21N3O3. The number of rotatable bonds is 3. The van der Waals surface area contributed by atoms with Crippen molar-refractivity contribution in [3.63, 3.8) is 0 Å². The van der Waals surface area contributed by atoms with Crippen LogP contribution < -0.4 is 5.73 Å². The van der Waals surface area contributed by atoms with Crippen LogP contribution in [0.1, 0.15) is 35.7 Å². The third kappa shape index (κ3) is 3.58. The smallest absolute Gasteiger partial charge is 0.270 e. The summed E-state index contributed by atoms with van der Waals surface area (Å²) in [5, 5.41) is 10.9. The van der Waals surface area contributed by atoms with Crippen molar-refractivity contribution in [2.45, 2.75) is 32.7 Å². The molecule has 1 aromatic carbocycles. The Labute approximate surface area is 124 Å². The van der Waals surface area contributed by atoms with Crippen LogP contribution in [-0.4, -0.2) is 34.9 Å². The molecule has 6 heteroatoms. The van der Waals surface area contributed by atoms with Crippen LogP contribution in [0.5, 0.6) is 0 Å². The van der Waals surface area contributed by atoms with Crippen molar-refractivity contribution in [1.82, 2.24) is 4.90 Å². The molecule has 1 aliphatic heterocycles. The molecule has 6 nitrogen and oxygen atoms in total. The molecule has 0 radical (unpaired) electrons. The zero-order valence-corrected chi connectivity index (χ0v) is 12.4. The normalized spacial score (nSPS) is 17.6. The highest BCUT2D eigenvalue weighted by atomic mass is 16.6. The molecule has 1 fully saturated rings. The van der Waals surface area contributed by atoms with Gasteiger partial charge in [-0.15, -0.1) is 0 Å². The Morgan fingerprint density at radius 1 is 1.38 bits per heavy atom. The molecule has 21 heavy (non-hydrogen) atoms. The minimum atomic E-state index is -0.466. The van der Waals surface area contributed by atoms with Gasteiger partial charge in [0.2, 0.25) is 0 Å². The Morgan fingerprint density at radius 3 is 2.52 bits per heavy atom. The quantitative estimate of drug-likeness (QED) is 0.682. The fourth-order valence-electron chi connectivity index (χ4n) is 2.80. The number of carbonyl (C=O) groups excluding carboxylic acids is 1. The van der Waals surface area contributed by atoms with Crippen LogP contribution >= 0.6 is 0 Å². The highest BCUT2D eigenvalue weighted by Crippen LogP contribution is 2.23. The molecule has 1 saturated heterocycles. The lowest BCUT2D eigenvalue weighted by Gasteiger charge is -2.33. The molecule has 1 aromatic rings. The number of nitrogens with two attached hydrogens (primary N) is 1. The molecule has 1 amide bonds. The topological polar surface area (TPSA) is 89.5 Å². The summed E-state index contributed by atoms with van der Waals surface area (Å²) < 4.78 is 0. The van der Waals surface area contributed by atoms with Gasteiger partial charge >= 0.3 is 0 Å². The monoisotopic (exact) mass is 291 g/mol. The third-order valence-electron chi connectivity index (χ3n) is 4.09. The summed E-state index contributed by atoms with van der Waals surface area (Å²) in [5.41, 5.74) is 6.97. The van der Waals surface area contributed by atoms with Crippen LogP contribution in [-0.2, 0) is 0 Å². The average molecular weight is 291 g/mol. The van der Waals surface area contributed by atoms with Crippen LogP contribution in [0.2, 0.25) is 0 Å². The number of piperidine rings is 1. The van der Waals surface area contributed by atoms with Crippen molar-refractivity contribution in [1.29, 1.82) is 0 Å². The average Bonchev–Trinajstić information content (AvgIpc) is 2.45. The van der Waals surface area contributed by atoms with Crippen molar-refractivity contribution in [3.8, 4) is 0 Å². The number of likely N-dealkylation sites (tertiary alicyclic amines) is 1. The first kappa shape index (κ1) is 15.4. The first-order valence-corrected chi connectivity index (χ1v) is 7.19. The number of carbonyl (C=O) groups is 1. The van der Waals surface area contributed by atoms with E-state index in [9.17, 15) is 14.9 Å². The maximum atomic E-state index is 12.5. The van der Waals surface area contributed by atoms with Gasteiger partial charge in [0.25, 0.3) is 11.6 Å². The van der Waals surface area contributed by atoms with E-state index in [2.05, 4.69) is 0 Å². The highest BCUT2D eigenvalue weighted by molar-refractivity contribution is 5.95. The number of aryl methyl sites for hydroxylation is 1. The van der Waals surface area contributed by atoms with Crippen molar-refractivity contribution in [3.05, 3.63) is 39.4 Å². The number of nitro groups is 1. The molecule has 2 N–H and O–H groups in total. The SMILES string of the molecule is Cc1cc(C(=O)N2CCC(C(C)N)CC2)cc([N+](=O)[O-])c1. The number of non-ortho nitro benzene ring substituents is 1.